The third-order valence-corrected chi connectivity index (χ3v) is 4.69. The van der Waals surface area contributed by atoms with Crippen LogP contribution in [0, 0.1) is 0 Å². The summed E-state index contributed by atoms with van der Waals surface area (Å²) in [5, 5.41) is 3.32. The van der Waals surface area contributed by atoms with Gasteiger partial charge in [-0.2, -0.15) is 0 Å². The molecule has 1 amide bonds. The second kappa shape index (κ2) is 4.58. The Labute approximate surface area is 103 Å². The molecule has 0 unspecified atom stereocenters. The molecule has 0 aromatic rings. The average Bonchev–Trinajstić information content (AvgIpc) is 2.83. The van der Waals surface area contributed by atoms with Crippen LogP contribution in [0.5, 0.6) is 0 Å². The molecule has 4 nitrogen and oxygen atoms in total. The number of carbonyl (C=O) groups excluding carboxylic acids is 1. The van der Waals surface area contributed by atoms with Crippen LogP contribution in [-0.2, 0) is 4.79 Å². The molecule has 0 bridgehead atoms. The van der Waals surface area contributed by atoms with Crippen LogP contribution in [-0.4, -0.2) is 60.5 Å². The number of nitrogens with zero attached hydrogens (tertiary/aromatic N) is 2. The number of hydrogen-bond acceptors (Lipinski definition) is 3. The molecular formula is C13H23N3O. The molecule has 2 aliphatic heterocycles. The van der Waals surface area contributed by atoms with Crippen molar-refractivity contribution in [2.24, 2.45) is 0 Å². The van der Waals surface area contributed by atoms with Gasteiger partial charge in [0.2, 0.25) is 5.91 Å². The van der Waals surface area contributed by atoms with Crippen LogP contribution >= 0.6 is 0 Å². The lowest BCUT2D eigenvalue weighted by Crippen LogP contribution is -2.64. The Morgan fingerprint density at radius 1 is 0.941 bits per heavy atom. The fourth-order valence-electron chi connectivity index (χ4n) is 3.48. The second-order valence-electron chi connectivity index (χ2n) is 5.62. The van der Waals surface area contributed by atoms with Crippen LogP contribution in [0.15, 0.2) is 0 Å². The van der Waals surface area contributed by atoms with Crippen molar-refractivity contribution in [1.29, 1.82) is 0 Å². The van der Waals surface area contributed by atoms with E-state index in [1.807, 2.05) is 0 Å². The molecule has 1 saturated carbocycles. The SMILES string of the molecule is O=C(N1CCNCC1)C1(N2CCCC2)CCC1. The van der Waals surface area contributed by atoms with Crippen LogP contribution < -0.4 is 5.32 Å². The van der Waals surface area contributed by atoms with Gasteiger partial charge in [-0.25, -0.2) is 0 Å². The van der Waals surface area contributed by atoms with Crippen molar-refractivity contribution in [2.45, 2.75) is 37.6 Å². The zero-order valence-electron chi connectivity index (χ0n) is 10.6. The number of carbonyl (C=O) groups is 1. The van der Waals surface area contributed by atoms with E-state index in [1.54, 1.807) is 0 Å². The fraction of sp³-hybridized carbons (Fsp3) is 0.923. The number of hydrogen-bond donors (Lipinski definition) is 1. The number of likely N-dealkylation sites (tertiary alicyclic amines) is 1. The molecule has 3 rings (SSSR count). The molecule has 0 aromatic heterocycles. The largest absolute Gasteiger partial charge is 0.339 e. The van der Waals surface area contributed by atoms with E-state index in [0.29, 0.717) is 5.91 Å². The van der Waals surface area contributed by atoms with E-state index < -0.39 is 0 Å². The third kappa shape index (κ3) is 1.87. The molecule has 0 spiro atoms. The monoisotopic (exact) mass is 237 g/mol. The normalized spacial score (nSPS) is 29.1. The minimum Gasteiger partial charge on any atom is -0.339 e. The molecule has 1 N–H and O–H groups in total. The highest BCUT2D eigenvalue weighted by molar-refractivity contribution is 5.87. The fourth-order valence-corrected chi connectivity index (χ4v) is 3.48. The summed E-state index contributed by atoms with van der Waals surface area (Å²) in [6, 6.07) is 0. The molecule has 3 fully saturated rings. The van der Waals surface area contributed by atoms with Crippen molar-refractivity contribution < 1.29 is 4.79 Å². The molecule has 17 heavy (non-hydrogen) atoms. The van der Waals surface area contributed by atoms with Gasteiger partial charge in [-0.15, -0.1) is 0 Å². The van der Waals surface area contributed by atoms with E-state index >= 15 is 0 Å². The van der Waals surface area contributed by atoms with Gasteiger partial charge in [0.05, 0.1) is 0 Å². The zero-order chi connectivity index (χ0) is 11.7. The minimum atomic E-state index is -0.0894. The van der Waals surface area contributed by atoms with E-state index in [0.717, 1.165) is 52.1 Å². The van der Waals surface area contributed by atoms with E-state index in [2.05, 4.69) is 15.1 Å². The number of amides is 1. The molecule has 1 aliphatic carbocycles. The maximum Gasteiger partial charge on any atom is 0.243 e. The predicted molar refractivity (Wildman–Crippen MR) is 66.8 cm³/mol. The Morgan fingerprint density at radius 3 is 2.12 bits per heavy atom. The summed E-state index contributed by atoms with van der Waals surface area (Å²) in [5.74, 6) is 0.423. The lowest BCUT2D eigenvalue weighted by Gasteiger charge is -2.50. The first-order chi connectivity index (χ1) is 8.33. The second-order valence-corrected chi connectivity index (χ2v) is 5.62. The maximum absolute atomic E-state index is 12.7. The van der Waals surface area contributed by atoms with E-state index in [9.17, 15) is 4.79 Å². The summed E-state index contributed by atoms with van der Waals surface area (Å²) in [4.78, 5) is 17.3. The summed E-state index contributed by atoms with van der Waals surface area (Å²) in [7, 11) is 0. The van der Waals surface area contributed by atoms with Crippen LogP contribution in [0.25, 0.3) is 0 Å². The van der Waals surface area contributed by atoms with E-state index in [-0.39, 0.29) is 5.54 Å². The molecule has 96 valence electrons. The molecular weight excluding hydrogens is 214 g/mol. The third-order valence-electron chi connectivity index (χ3n) is 4.69. The van der Waals surface area contributed by atoms with Crippen molar-refractivity contribution in [3.63, 3.8) is 0 Å². The highest BCUT2D eigenvalue weighted by Crippen LogP contribution is 2.41. The lowest BCUT2D eigenvalue weighted by molar-refractivity contribution is -0.151. The summed E-state index contributed by atoms with van der Waals surface area (Å²) >= 11 is 0. The van der Waals surface area contributed by atoms with Gasteiger partial charge in [-0.3, -0.25) is 9.69 Å². The van der Waals surface area contributed by atoms with Gasteiger partial charge in [0.25, 0.3) is 0 Å². The molecule has 4 heteroatoms. The number of piperazine rings is 1. The quantitative estimate of drug-likeness (QED) is 0.757. The van der Waals surface area contributed by atoms with Crippen molar-refractivity contribution >= 4 is 5.91 Å². The molecule has 2 saturated heterocycles. The Hall–Kier alpha value is -0.610. The molecule has 3 aliphatic rings. The minimum absolute atomic E-state index is 0.0894. The van der Waals surface area contributed by atoms with E-state index in [1.165, 1.54) is 19.3 Å². The summed E-state index contributed by atoms with van der Waals surface area (Å²) in [6.07, 6.45) is 5.97. The first-order valence-electron chi connectivity index (χ1n) is 7.08. The van der Waals surface area contributed by atoms with Crippen molar-refractivity contribution in [2.75, 3.05) is 39.3 Å². The van der Waals surface area contributed by atoms with Gasteiger partial charge in [0.15, 0.2) is 0 Å². The Kier molecular flexibility index (Phi) is 3.09. The maximum atomic E-state index is 12.7. The van der Waals surface area contributed by atoms with Gasteiger partial charge in [0, 0.05) is 26.2 Å². The van der Waals surface area contributed by atoms with Crippen molar-refractivity contribution in [3.8, 4) is 0 Å². The Balaban J connectivity index is 1.72. The highest BCUT2D eigenvalue weighted by atomic mass is 16.2. The van der Waals surface area contributed by atoms with E-state index in [4.69, 9.17) is 0 Å². The molecule has 0 radical (unpaired) electrons. The smallest absolute Gasteiger partial charge is 0.243 e. The Bertz CT molecular complexity index is 289. The predicted octanol–water partition coefficient (Wildman–Crippen LogP) is 0.437. The first kappa shape index (κ1) is 11.5. The zero-order valence-corrected chi connectivity index (χ0v) is 10.6. The van der Waals surface area contributed by atoms with Gasteiger partial charge in [0.1, 0.15) is 5.54 Å². The average molecular weight is 237 g/mol. The lowest BCUT2D eigenvalue weighted by atomic mass is 9.74. The highest BCUT2D eigenvalue weighted by Gasteiger charge is 2.51. The van der Waals surface area contributed by atoms with Crippen molar-refractivity contribution in [3.05, 3.63) is 0 Å². The van der Waals surface area contributed by atoms with Crippen molar-refractivity contribution in [1.82, 2.24) is 15.1 Å². The molecule has 2 heterocycles. The molecule has 0 aromatic carbocycles. The number of rotatable bonds is 2. The van der Waals surface area contributed by atoms with Crippen LogP contribution in [0.4, 0.5) is 0 Å². The standard InChI is InChI=1S/C13H23N3O/c17-12(15-10-6-14-7-11-15)13(4-3-5-13)16-8-1-2-9-16/h14H,1-11H2. The van der Waals surface area contributed by atoms with Gasteiger partial charge >= 0.3 is 0 Å². The summed E-state index contributed by atoms with van der Waals surface area (Å²) in [6.45, 7) is 5.99. The summed E-state index contributed by atoms with van der Waals surface area (Å²) in [5.41, 5.74) is -0.0894. The summed E-state index contributed by atoms with van der Waals surface area (Å²) < 4.78 is 0. The van der Waals surface area contributed by atoms with Crippen LogP contribution in [0.2, 0.25) is 0 Å². The van der Waals surface area contributed by atoms with Gasteiger partial charge in [-0.1, -0.05) is 0 Å². The van der Waals surface area contributed by atoms with Crippen LogP contribution in [0.3, 0.4) is 0 Å². The van der Waals surface area contributed by atoms with Gasteiger partial charge in [-0.05, 0) is 45.2 Å². The Morgan fingerprint density at radius 2 is 1.59 bits per heavy atom. The topological polar surface area (TPSA) is 35.6 Å². The van der Waals surface area contributed by atoms with Crippen LogP contribution in [0.1, 0.15) is 32.1 Å². The first-order valence-corrected chi connectivity index (χ1v) is 7.08. The van der Waals surface area contributed by atoms with Gasteiger partial charge < -0.3 is 10.2 Å². The number of nitrogens with one attached hydrogen (secondary N) is 1. The molecule has 0 atom stereocenters.